The van der Waals surface area contributed by atoms with Gasteiger partial charge in [0.25, 0.3) is 10.0 Å². The third-order valence-corrected chi connectivity index (χ3v) is 8.60. The molecule has 0 aliphatic rings. The van der Waals surface area contributed by atoms with Gasteiger partial charge in [0.15, 0.2) is 0 Å². The second-order valence-corrected chi connectivity index (χ2v) is 11.7. The molecule has 9 heteroatoms. The molecular formula is C29H34ClN3O4S. The predicted molar refractivity (Wildman–Crippen MR) is 152 cm³/mol. The standard InChI is InChI=1S/C29H34ClN3O4S/c1-20(2)23-12-14-25(15-13-23)33(38(36,37)26-16-10-21(3)11-17-26)19-28(34)32(22(4)29(35)31-5)18-24-8-6-7-9-27(24)30/h6-17,20,22H,18-19H2,1-5H3,(H,31,35)/t22-/m0/s1. The molecule has 0 bridgehead atoms. The maximum absolute atomic E-state index is 13.8. The van der Waals surface area contributed by atoms with E-state index in [1.807, 2.05) is 32.9 Å². The highest BCUT2D eigenvalue weighted by Crippen LogP contribution is 2.27. The Labute approximate surface area is 230 Å². The van der Waals surface area contributed by atoms with Gasteiger partial charge in [-0.05, 0) is 61.2 Å². The Morgan fingerprint density at radius 2 is 1.53 bits per heavy atom. The summed E-state index contributed by atoms with van der Waals surface area (Å²) < 4.78 is 28.8. The molecule has 0 aliphatic carbocycles. The van der Waals surface area contributed by atoms with Crippen LogP contribution in [0.5, 0.6) is 0 Å². The fourth-order valence-corrected chi connectivity index (χ4v) is 5.60. The number of carbonyl (C=O) groups is 2. The molecule has 3 rings (SSSR count). The number of likely N-dealkylation sites (N-methyl/N-ethyl adjacent to an activating group) is 1. The molecule has 0 unspecified atom stereocenters. The fraction of sp³-hybridized carbons (Fsp3) is 0.310. The third-order valence-electron chi connectivity index (χ3n) is 6.45. The van der Waals surface area contributed by atoms with E-state index in [1.54, 1.807) is 55.5 Å². The zero-order chi connectivity index (χ0) is 28.0. The summed E-state index contributed by atoms with van der Waals surface area (Å²) in [6.07, 6.45) is 0. The van der Waals surface area contributed by atoms with E-state index in [0.29, 0.717) is 16.3 Å². The van der Waals surface area contributed by atoms with Crippen LogP contribution in [0.2, 0.25) is 5.02 Å². The van der Waals surface area contributed by atoms with Crippen LogP contribution >= 0.6 is 11.6 Å². The number of carbonyl (C=O) groups excluding carboxylic acids is 2. The number of benzene rings is 3. The molecule has 3 aromatic rings. The molecular weight excluding hydrogens is 522 g/mol. The van der Waals surface area contributed by atoms with Crippen LogP contribution in [0.3, 0.4) is 0 Å². The van der Waals surface area contributed by atoms with Crippen molar-refractivity contribution in [1.29, 1.82) is 0 Å². The number of aryl methyl sites for hydroxylation is 1. The Morgan fingerprint density at radius 1 is 0.921 bits per heavy atom. The van der Waals surface area contributed by atoms with E-state index in [2.05, 4.69) is 5.32 Å². The van der Waals surface area contributed by atoms with Crippen molar-refractivity contribution in [3.63, 3.8) is 0 Å². The fourth-order valence-electron chi connectivity index (χ4n) is 3.99. The Morgan fingerprint density at radius 3 is 2.08 bits per heavy atom. The molecule has 3 aromatic carbocycles. The summed E-state index contributed by atoms with van der Waals surface area (Å²) in [4.78, 5) is 27.8. The molecule has 0 spiro atoms. The van der Waals surface area contributed by atoms with Crippen LogP contribution in [0, 0.1) is 6.92 Å². The zero-order valence-electron chi connectivity index (χ0n) is 22.3. The zero-order valence-corrected chi connectivity index (χ0v) is 23.9. The van der Waals surface area contributed by atoms with E-state index in [4.69, 9.17) is 11.6 Å². The highest BCUT2D eigenvalue weighted by molar-refractivity contribution is 7.92. The van der Waals surface area contributed by atoms with Gasteiger partial charge in [0.1, 0.15) is 12.6 Å². The van der Waals surface area contributed by atoms with E-state index in [1.165, 1.54) is 24.1 Å². The second-order valence-electron chi connectivity index (χ2n) is 9.47. The first-order valence-electron chi connectivity index (χ1n) is 12.4. The van der Waals surface area contributed by atoms with Crippen molar-refractivity contribution in [3.05, 3.63) is 94.5 Å². The van der Waals surface area contributed by atoms with Crippen molar-refractivity contribution in [2.24, 2.45) is 0 Å². The Bertz CT molecular complexity index is 1370. The van der Waals surface area contributed by atoms with E-state index >= 15 is 0 Å². The number of rotatable bonds is 10. The lowest BCUT2D eigenvalue weighted by atomic mass is 10.0. The first-order chi connectivity index (χ1) is 17.9. The summed E-state index contributed by atoms with van der Waals surface area (Å²) in [5, 5.41) is 3.01. The van der Waals surface area contributed by atoms with Crippen molar-refractivity contribution in [2.45, 2.75) is 51.1 Å². The summed E-state index contributed by atoms with van der Waals surface area (Å²) in [7, 11) is -2.62. The molecule has 0 fully saturated rings. The van der Waals surface area contributed by atoms with Crippen LogP contribution in [-0.4, -0.2) is 44.8 Å². The van der Waals surface area contributed by atoms with Gasteiger partial charge < -0.3 is 10.2 Å². The molecule has 0 radical (unpaired) electrons. The highest BCUT2D eigenvalue weighted by Gasteiger charge is 2.32. The molecule has 7 nitrogen and oxygen atoms in total. The lowest BCUT2D eigenvalue weighted by Gasteiger charge is -2.32. The number of hydrogen-bond donors (Lipinski definition) is 1. The van der Waals surface area contributed by atoms with Crippen LogP contribution in [0.1, 0.15) is 43.4 Å². The van der Waals surface area contributed by atoms with Crippen molar-refractivity contribution in [3.8, 4) is 0 Å². The van der Waals surface area contributed by atoms with Crippen molar-refractivity contribution >= 4 is 39.1 Å². The first-order valence-corrected chi connectivity index (χ1v) is 14.2. The molecule has 0 aromatic heterocycles. The smallest absolute Gasteiger partial charge is 0.264 e. The van der Waals surface area contributed by atoms with Crippen LogP contribution in [0.25, 0.3) is 0 Å². The second kappa shape index (κ2) is 12.5. The topological polar surface area (TPSA) is 86.8 Å². The van der Waals surface area contributed by atoms with E-state index in [9.17, 15) is 18.0 Å². The van der Waals surface area contributed by atoms with Crippen molar-refractivity contribution in [2.75, 3.05) is 17.9 Å². The Balaban J connectivity index is 2.05. The monoisotopic (exact) mass is 555 g/mol. The van der Waals surface area contributed by atoms with Gasteiger partial charge in [0.05, 0.1) is 10.6 Å². The SMILES string of the molecule is CNC(=O)[C@H](C)N(Cc1ccccc1Cl)C(=O)CN(c1ccc(C(C)C)cc1)S(=O)(=O)c1ccc(C)cc1. The van der Waals surface area contributed by atoms with Crippen LogP contribution in [0.4, 0.5) is 5.69 Å². The van der Waals surface area contributed by atoms with Gasteiger partial charge >= 0.3 is 0 Å². The molecule has 0 heterocycles. The lowest BCUT2D eigenvalue weighted by molar-refractivity contribution is -0.139. The average molecular weight is 556 g/mol. The summed E-state index contributed by atoms with van der Waals surface area (Å²) >= 11 is 6.35. The number of nitrogens with zero attached hydrogens (tertiary/aromatic N) is 2. The molecule has 0 saturated heterocycles. The summed E-state index contributed by atoms with van der Waals surface area (Å²) in [6, 6.07) is 19.8. The average Bonchev–Trinajstić information content (AvgIpc) is 2.90. The largest absolute Gasteiger partial charge is 0.357 e. The van der Waals surface area contributed by atoms with Crippen LogP contribution < -0.4 is 9.62 Å². The quantitative estimate of drug-likeness (QED) is 0.376. The molecule has 0 aliphatic heterocycles. The minimum absolute atomic E-state index is 0.0395. The lowest BCUT2D eigenvalue weighted by Crippen LogP contribution is -2.50. The minimum atomic E-state index is -4.11. The molecule has 0 saturated carbocycles. The molecule has 202 valence electrons. The summed E-state index contributed by atoms with van der Waals surface area (Å²) in [5.41, 5.74) is 2.96. The Kier molecular flexibility index (Phi) is 9.57. The molecule has 2 amide bonds. The number of halogens is 1. The predicted octanol–water partition coefficient (Wildman–Crippen LogP) is 5.13. The van der Waals surface area contributed by atoms with Gasteiger partial charge in [-0.25, -0.2) is 8.42 Å². The number of anilines is 1. The van der Waals surface area contributed by atoms with Gasteiger partial charge in [-0.1, -0.05) is 73.5 Å². The number of sulfonamides is 1. The third kappa shape index (κ3) is 6.74. The van der Waals surface area contributed by atoms with E-state index < -0.39 is 28.5 Å². The Hall–Kier alpha value is -3.36. The normalized spacial score (nSPS) is 12.2. The first kappa shape index (κ1) is 29.2. The number of hydrogen-bond acceptors (Lipinski definition) is 4. The van der Waals surface area contributed by atoms with Crippen molar-refractivity contribution < 1.29 is 18.0 Å². The van der Waals surface area contributed by atoms with Gasteiger partial charge in [-0.2, -0.15) is 0 Å². The maximum Gasteiger partial charge on any atom is 0.264 e. The van der Waals surface area contributed by atoms with E-state index in [0.717, 1.165) is 15.4 Å². The summed E-state index contributed by atoms with van der Waals surface area (Å²) in [5.74, 6) is -0.656. The van der Waals surface area contributed by atoms with Crippen molar-refractivity contribution in [1.82, 2.24) is 10.2 Å². The van der Waals surface area contributed by atoms with Gasteiger partial charge in [-0.15, -0.1) is 0 Å². The number of amides is 2. The molecule has 1 N–H and O–H groups in total. The molecule has 38 heavy (non-hydrogen) atoms. The highest BCUT2D eigenvalue weighted by atomic mass is 35.5. The molecule has 1 atom stereocenters. The van der Waals surface area contributed by atoms with Gasteiger partial charge in [0.2, 0.25) is 11.8 Å². The van der Waals surface area contributed by atoms with Crippen LogP contribution in [0.15, 0.2) is 77.7 Å². The maximum atomic E-state index is 13.8. The van der Waals surface area contributed by atoms with Crippen LogP contribution in [-0.2, 0) is 26.2 Å². The van der Waals surface area contributed by atoms with E-state index in [-0.39, 0.29) is 23.3 Å². The van der Waals surface area contributed by atoms with Gasteiger partial charge in [0, 0.05) is 18.6 Å². The number of nitrogens with one attached hydrogen (secondary N) is 1. The minimum Gasteiger partial charge on any atom is -0.357 e. The van der Waals surface area contributed by atoms with Gasteiger partial charge in [-0.3, -0.25) is 13.9 Å². The summed E-state index contributed by atoms with van der Waals surface area (Å²) in [6.45, 7) is 7.11.